The first-order valence-corrected chi connectivity index (χ1v) is 5.03. The molecule has 0 aliphatic heterocycles. The highest BCUT2D eigenvalue weighted by Crippen LogP contribution is 2.21. The van der Waals surface area contributed by atoms with Crippen LogP contribution in [0.1, 0.15) is 5.01 Å². The van der Waals surface area contributed by atoms with Gasteiger partial charge in [-0.1, -0.05) is 12.1 Å². The van der Waals surface area contributed by atoms with E-state index in [0.29, 0.717) is 6.42 Å². The largest absolute Gasteiger partial charge is 0.265 e. The molecular formula is C9H8N2O2S. The van der Waals surface area contributed by atoms with Crippen LogP contribution in [-0.2, 0) is 6.42 Å². The number of rotatable bonds is 3. The zero-order chi connectivity index (χ0) is 9.97. The van der Waals surface area contributed by atoms with E-state index in [4.69, 9.17) is 0 Å². The molecule has 0 fully saturated rings. The molecule has 0 spiro atoms. The number of benzene rings is 1. The molecule has 0 unspecified atom stereocenters. The maximum absolute atomic E-state index is 10.2. The number of nitro groups is 1. The van der Waals surface area contributed by atoms with E-state index in [-0.39, 0.29) is 11.5 Å². The van der Waals surface area contributed by atoms with Crippen molar-refractivity contribution < 1.29 is 4.92 Å². The highest BCUT2D eigenvalue weighted by Gasteiger charge is 2.05. The van der Waals surface area contributed by atoms with E-state index >= 15 is 0 Å². The van der Waals surface area contributed by atoms with Gasteiger partial charge in [0.15, 0.2) is 0 Å². The highest BCUT2D eigenvalue weighted by molar-refractivity contribution is 7.18. The molecule has 0 atom stereocenters. The zero-order valence-electron chi connectivity index (χ0n) is 7.34. The van der Waals surface area contributed by atoms with E-state index in [2.05, 4.69) is 4.98 Å². The minimum Gasteiger partial charge on any atom is -0.265 e. The van der Waals surface area contributed by atoms with Crippen LogP contribution >= 0.6 is 11.3 Å². The summed E-state index contributed by atoms with van der Waals surface area (Å²) in [6.45, 7) is -0.0418. The Kier molecular flexibility index (Phi) is 2.41. The van der Waals surface area contributed by atoms with Crippen LogP contribution in [0.5, 0.6) is 0 Å². The van der Waals surface area contributed by atoms with Crippen LogP contribution in [0.2, 0.25) is 0 Å². The lowest BCUT2D eigenvalue weighted by Crippen LogP contribution is -2.03. The van der Waals surface area contributed by atoms with Gasteiger partial charge in [-0.15, -0.1) is 11.3 Å². The van der Waals surface area contributed by atoms with Crippen LogP contribution < -0.4 is 0 Å². The third kappa shape index (κ3) is 1.88. The summed E-state index contributed by atoms with van der Waals surface area (Å²) in [6, 6.07) is 7.75. The van der Waals surface area contributed by atoms with Crippen molar-refractivity contribution in [3.63, 3.8) is 0 Å². The molecule has 0 aliphatic carbocycles. The number of hydrogen-bond acceptors (Lipinski definition) is 4. The average Bonchev–Trinajstić information content (AvgIpc) is 2.57. The predicted octanol–water partition coefficient (Wildman–Crippen LogP) is 2.12. The van der Waals surface area contributed by atoms with Crippen LogP contribution in [0.25, 0.3) is 10.2 Å². The van der Waals surface area contributed by atoms with Gasteiger partial charge in [0.1, 0.15) is 5.01 Å². The number of aromatic nitrogens is 1. The van der Waals surface area contributed by atoms with Crippen molar-refractivity contribution in [3.8, 4) is 0 Å². The van der Waals surface area contributed by atoms with Gasteiger partial charge in [0, 0.05) is 4.92 Å². The van der Waals surface area contributed by atoms with Crippen LogP contribution in [-0.4, -0.2) is 16.5 Å². The van der Waals surface area contributed by atoms with Gasteiger partial charge >= 0.3 is 0 Å². The van der Waals surface area contributed by atoms with Gasteiger partial charge in [0.25, 0.3) is 0 Å². The van der Waals surface area contributed by atoms with Crippen molar-refractivity contribution in [2.24, 2.45) is 0 Å². The molecular weight excluding hydrogens is 200 g/mol. The number of hydrogen-bond donors (Lipinski definition) is 0. The molecule has 0 bridgehead atoms. The van der Waals surface area contributed by atoms with Gasteiger partial charge in [0.05, 0.1) is 16.6 Å². The van der Waals surface area contributed by atoms with Crippen molar-refractivity contribution in [3.05, 3.63) is 39.4 Å². The Hall–Kier alpha value is -1.49. The van der Waals surface area contributed by atoms with Crippen LogP contribution in [0.4, 0.5) is 0 Å². The Bertz CT molecular complexity index is 434. The van der Waals surface area contributed by atoms with Crippen molar-refractivity contribution in [1.82, 2.24) is 4.98 Å². The summed E-state index contributed by atoms with van der Waals surface area (Å²) in [7, 11) is 0. The van der Waals surface area contributed by atoms with Gasteiger partial charge in [-0.05, 0) is 12.1 Å². The normalized spacial score (nSPS) is 10.6. The van der Waals surface area contributed by atoms with E-state index in [1.54, 1.807) is 0 Å². The Morgan fingerprint density at radius 2 is 2.21 bits per heavy atom. The molecule has 14 heavy (non-hydrogen) atoms. The first-order chi connectivity index (χ1) is 6.75. The molecule has 2 rings (SSSR count). The van der Waals surface area contributed by atoms with Gasteiger partial charge in [-0.25, -0.2) is 4.98 Å². The van der Waals surface area contributed by atoms with Gasteiger partial charge < -0.3 is 0 Å². The predicted molar refractivity (Wildman–Crippen MR) is 55.2 cm³/mol. The number of fused-ring (bicyclic) bond motifs is 1. The zero-order valence-corrected chi connectivity index (χ0v) is 8.16. The molecule has 0 radical (unpaired) electrons. The number of para-hydroxylation sites is 1. The molecule has 0 saturated heterocycles. The van der Waals surface area contributed by atoms with E-state index < -0.39 is 0 Å². The summed E-state index contributed by atoms with van der Waals surface area (Å²) in [6.07, 6.45) is 0.423. The molecule has 0 saturated carbocycles. The monoisotopic (exact) mass is 208 g/mol. The summed E-state index contributed by atoms with van der Waals surface area (Å²) in [4.78, 5) is 14.2. The Morgan fingerprint density at radius 1 is 1.43 bits per heavy atom. The molecule has 2 aromatic rings. The highest BCUT2D eigenvalue weighted by atomic mass is 32.1. The van der Waals surface area contributed by atoms with Crippen molar-refractivity contribution in [2.75, 3.05) is 6.54 Å². The average molecular weight is 208 g/mol. The maximum Gasteiger partial charge on any atom is 0.210 e. The second-order valence-corrected chi connectivity index (χ2v) is 4.00. The molecule has 1 heterocycles. The summed E-state index contributed by atoms with van der Waals surface area (Å²) in [5.41, 5.74) is 0.927. The van der Waals surface area contributed by atoms with Crippen molar-refractivity contribution >= 4 is 21.6 Å². The Balaban J connectivity index is 2.22. The summed E-state index contributed by atoms with van der Waals surface area (Å²) in [5.74, 6) is 0. The van der Waals surface area contributed by atoms with Gasteiger partial charge in [-0.2, -0.15) is 0 Å². The van der Waals surface area contributed by atoms with Gasteiger partial charge in [-0.3, -0.25) is 10.1 Å². The summed E-state index contributed by atoms with van der Waals surface area (Å²) < 4.78 is 1.09. The second-order valence-electron chi connectivity index (χ2n) is 2.88. The number of thiazole rings is 1. The summed E-state index contributed by atoms with van der Waals surface area (Å²) in [5, 5.41) is 11.0. The second kappa shape index (κ2) is 3.71. The van der Waals surface area contributed by atoms with Gasteiger partial charge in [0.2, 0.25) is 6.54 Å². The standard InChI is InChI=1S/C9H8N2O2S/c12-11(13)6-5-9-10-7-3-1-2-4-8(7)14-9/h1-4H,5-6H2. The van der Waals surface area contributed by atoms with Crippen molar-refractivity contribution in [2.45, 2.75) is 6.42 Å². The quantitative estimate of drug-likeness (QED) is 0.573. The molecule has 0 N–H and O–H groups in total. The lowest BCUT2D eigenvalue weighted by molar-refractivity contribution is -0.479. The van der Waals surface area contributed by atoms with Crippen LogP contribution in [0.3, 0.4) is 0 Å². The topological polar surface area (TPSA) is 56.0 Å². The van der Waals surface area contributed by atoms with Crippen molar-refractivity contribution in [1.29, 1.82) is 0 Å². The molecule has 5 heteroatoms. The third-order valence-corrected chi connectivity index (χ3v) is 2.94. The minimum atomic E-state index is -0.313. The SMILES string of the molecule is O=[N+]([O-])CCc1nc2ccccc2s1. The fourth-order valence-electron chi connectivity index (χ4n) is 1.21. The Morgan fingerprint density at radius 3 is 2.93 bits per heavy atom. The maximum atomic E-state index is 10.2. The lowest BCUT2D eigenvalue weighted by Gasteiger charge is -1.87. The van der Waals surface area contributed by atoms with E-state index in [0.717, 1.165) is 15.2 Å². The van der Waals surface area contributed by atoms with E-state index in [1.165, 1.54) is 11.3 Å². The first kappa shape index (κ1) is 9.08. The fraction of sp³-hybridized carbons (Fsp3) is 0.222. The molecule has 72 valence electrons. The molecule has 0 aliphatic rings. The lowest BCUT2D eigenvalue weighted by atomic mass is 10.3. The van der Waals surface area contributed by atoms with Crippen LogP contribution in [0.15, 0.2) is 24.3 Å². The first-order valence-electron chi connectivity index (χ1n) is 4.22. The fourth-order valence-corrected chi connectivity index (χ4v) is 2.17. The summed E-state index contributed by atoms with van der Waals surface area (Å²) >= 11 is 1.52. The van der Waals surface area contributed by atoms with E-state index in [1.807, 2.05) is 24.3 Å². The third-order valence-electron chi connectivity index (χ3n) is 1.85. The van der Waals surface area contributed by atoms with E-state index in [9.17, 15) is 10.1 Å². The smallest absolute Gasteiger partial charge is 0.210 e. The minimum absolute atomic E-state index is 0.0418. The molecule has 1 aromatic heterocycles. The molecule has 1 aromatic carbocycles. The number of nitrogens with zero attached hydrogens (tertiary/aromatic N) is 2. The Labute approximate surface area is 84.4 Å². The molecule has 0 amide bonds. The van der Waals surface area contributed by atoms with Crippen LogP contribution in [0, 0.1) is 10.1 Å². The molecule has 4 nitrogen and oxygen atoms in total.